The Bertz CT molecular complexity index is 3310. The minimum Gasteiger partial charge on any atom is -0.489 e. The first-order chi connectivity index (χ1) is 37.0. The number of nitrogens with zero attached hydrogens (tertiary/aromatic N) is 4. The van der Waals surface area contributed by atoms with E-state index in [1.54, 1.807) is 37.4 Å². The van der Waals surface area contributed by atoms with Crippen molar-refractivity contribution in [1.82, 2.24) is 10.1 Å². The van der Waals surface area contributed by atoms with Gasteiger partial charge in [0.1, 0.15) is 35.3 Å². The third kappa shape index (κ3) is 11.7. The number of aryl methyl sites for hydroxylation is 2. The molecule has 0 bridgehead atoms. The van der Waals surface area contributed by atoms with E-state index < -0.39 is 59.1 Å². The lowest BCUT2D eigenvalue weighted by atomic mass is 9.76. The molecule has 0 saturated heterocycles. The van der Waals surface area contributed by atoms with Crippen molar-refractivity contribution in [2.24, 2.45) is 21.5 Å². The first kappa shape index (κ1) is 57.0. The third-order valence-corrected chi connectivity index (χ3v) is 15.4. The number of guanidine groups is 2. The van der Waals surface area contributed by atoms with Crippen molar-refractivity contribution in [3.63, 3.8) is 0 Å². The van der Waals surface area contributed by atoms with Gasteiger partial charge in [-0.1, -0.05) is 84.0 Å². The summed E-state index contributed by atoms with van der Waals surface area (Å²) in [5.74, 6) is 0.239. The number of alkyl halides is 6. The van der Waals surface area contributed by atoms with Crippen LogP contribution in [0.5, 0.6) is 11.5 Å². The highest BCUT2D eigenvalue weighted by molar-refractivity contribution is 9.10. The molecular weight excluding hydrogens is 1110 g/mol. The van der Waals surface area contributed by atoms with Crippen LogP contribution in [0, 0.1) is 11.6 Å². The zero-order valence-corrected chi connectivity index (χ0v) is 43.5. The highest BCUT2D eigenvalue weighted by Gasteiger charge is 2.52. The van der Waals surface area contributed by atoms with Gasteiger partial charge in [0.2, 0.25) is 23.4 Å². The number of aliphatic imine (C=N–C) groups is 2. The van der Waals surface area contributed by atoms with Gasteiger partial charge in [-0.05, 0) is 138 Å². The van der Waals surface area contributed by atoms with Crippen molar-refractivity contribution in [1.29, 1.82) is 0 Å². The second kappa shape index (κ2) is 22.1. The Morgan fingerprint density at radius 3 is 1.56 bits per heavy atom. The third-order valence-electron chi connectivity index (χ3n) is 14.9. The van der Waals surface area contributed by atoms with Gasteiger partial charge in [-0.15, -0.1) is 0 Å². The van der Waals surface area contributed by atoms with Crippen LogP contribution in [0.1, 0.15) is 102 Å². The number of hydroxylamine groups is 4. The Balaban J connectivity index is 0.000000158. The first-order valence-corrected chi connectivity index (χ1v) is 25.9. The quantitative estimate of drug-likeness (QED) is 0.0988. The van der Waals surface area contributed by atoms with Gasteiger partial charge in [0.25, 0.3) is 0 Å². The summed E-state index contributed by atoms with van der Waals surface area (Å²) in [5, 5.41) is 20.1. The van der Waals surface area contributed by atoms with E-state index in [1.807, 2.05) is 30.3 Å². The molecule has 12 rings (SSSR count). The van der Waals surface area contributed by atoms with Crippen LogP contribution in [0.15, 0.2) is 136 Å². The summed E-state index contributed by atoms with van der Waals surface area (Å²) < 4.78 is 117. The predicted octanol–water partition coefficient (Wildman–Crippen LogP) is 11.4. The van der Waals surface area contributed by atoms with Crippen molar-refractivity contribution >= 4 is 40.4 Å². The van der Waals surface area contributed by atoms with Gasteiger partial charge in [-0.25, -0.2) is 38.6 Å². The van der Waals surface area contributed by atoms with Crippen LogP contribution in [0.3, 0.4) is 0 Å². The van der Waals surface area contributed by atoms with E-state index in [0.29, 0.717) is 59.8 Å². The molecule has 4 heterocycles. The molecule has 79 heavy (non-hydrogen) atoms. The monoisotopic (exact) mass is 1160 g/mol. The maximum Gasteiger partial charge on any atom is 0.488 e. The summed E-state index contributed by atoms with van der Waals surface area (Å²) in [5.41, 5.74) is 14.6. The molecule has 0 aromatic heterocycles. The molecule has 4 aliphatic heterocycles. The van der Waals surface area contributed by atoms with E-state index in [0.717, 1.165) is 60.0 Å². The molecule has 6 aromatic rings. The zero-order chi connectivity index (χ0) is 55.5. The minimum atomic E-state index is -4.70. The van der Waals surface area contributed by atoms with Gasteiger partial charge >= 0.3 is 19.5 Å². The maximum atomic E-state index is 14.2. The molecule has 6 aromatic carbocycles. The zero-order valence-electron chi connectivity index (χ0n) is 42.0. The molecule has 12 nitrogen and oxygen atoms in total. The fraction of sp³-hybridized carbons (Fsp3) is 0.333. The standard InChI is InChI=1S/C28H25F4N3O2.C21H22BrN3O2.C7H5BF4O2.CH4/c1-35-26(33)34-27(37-35)15-25(22-8-4-6-16-5-2-3-7-21(16)22)36-24-10-9-17(13-23(24)27)18-11-19(28(30,31)32)14-20(29)12-18;1-25-20(23)24-21(27-25)12-19(26-18-10-9-14(22)11-17(18)21)16-8-4-6-13-5-2-3-7-15(13)16;9-6-2-4(7(10,11)12)1-5(3-6)8(13)14;/h2-3,5,7,9-14,22,25H,4,6,8,15H2,1H3,(H2,33,34);2-3,5,7,9-11,16,19H,4,6,8,12H2,1H3,(H2,23,24);1-3,13-14H;1H4. The fourth-order valence-electron chi connectivity index (χ4n) is 11.3. The summed E-state index contributed by atoms with van der Waals surface area (Å²) in [4.78, 5) is 21.8. The first-order valence-electron chi connectivity index (χ1n) is 25.1. The number of benzene rings is 6. The second-order valence-electron chi connectivity index (χ2n) is 20.0. The van der Waals surface area contributed by atoms with Crippen LogP contribution in [-0.2, 0) is 46.3 Å². The van der Waals surface area contributed by atoms with E-state index in [2.05, 4.69) is 57.3 Å². The predicted molar refractivity (Wildman–Crippen MR) is 286 cm³/mol. The lowest BCUT2D eigenvalue weighted by Crippen LogP contribution is -2.42. The SMILES string of the molecule is C.CN1OC2(CC(C3CCCc4ccccc43)Oc3ccc(-c4cc(F)cc(C(F)(F)F)c4)cc32)N=C1N.CN1OC2(CC(C3CCCc4ccccc43)Oc3ccc(Br)cc32)N=C1N.OB(O)c1cc(F)cc(C(F)(F)F)c1. The Kier molecular flexibility index (Phi) is 15.9. The summed E-state index contributed by atoms with van der Waals surface area (Å²) >= 11 is 3.56. The van der Waals surface area contributed by atoms with Crippen molar-refractivity contribution < 1.29 is 64.3 Å². The molecular formula is C57H56BBrF8N6O6. The lowest BCUT2D eigenvalue weighted by Gasteiger charge is -2.41. The number of nitrogens with two attached hydrogens (primary N) is 2. The van der Waals surface area contributed by atoms with Crippen LogP contribution >= 0.6 is 15.9 Å². The summed E-state index contributed by atoms with van der Waals surface area (Å²) in [7, 11) is 1.33. The van der Waals surface area contributed by atoms with Gasteiger partial charge in [-0.3, -0.25) is 0 Å². The van der Waals surface area contributed by atoms with Crippen LogP contribution in [0.4, 0.5) is 35.1 Å². The Labute approximate surface area is 459 Å². The molecule has 0 amide bonds. The average Bonchev–Trinajstić information content (AvgIpc) is 4.15. The number of fused-ring (bicyclic) bond motifs is 6. The highest BCUT2D eigenvalue weighted by atomic mass is 79.9. The number of rotatable bonds is 4. The Morgan fingerprint density at radius 1 is 0.608 bits per heavy atom. The molecule has 2 aliphatic carbocycles. The topological polar surface area (TPSA) is 161 Å². The largest absolute Gasteiger partial charge is 0.489 e. The van der Waals surface area contributed by atoms with Crippen LogP contribution in [0.25, 0.3) is 11.1 Å². The van der Waals surface area contributed by atoms with Crippen LogP contribution < -0.4 is 26.4 Å². The molecule has 0 saturated carbocycles. The van der Waals surface area contributed by atoms with Crippen molar-refractivity contribution in [2.75, 3.05) is 14.1 Å². The summed E-state index contributed by atoms with van der Waals surface area (Å²) in [6.07, 6.45) is -2.21. The molecule has 22 heteroatoms. The second-order valence-corrected chi connectivity index (χ2v) is 20.9. The molecule has 416 valence electrons. The molecule has 0 fully saturated rings. The van der Waals surface area contributed by atoms with Crippen molar-refractivity contribution in [3.05, 3.63) is 182 Å². The fourth-order valence-corrected chi connectivity index (χ4v) is 11.7. The van der Waals surface area contributed by atoms with Crippen molar-refractivity contribution in [2.45, 2.75) is 107 Å². The number of halogens is 9. The molecule has 2 spiro atoms. The van der Waals surface area contributed by atoms with E-state index in [-0.39, 0.29) is 43.1 Å². The normalized spacial score (nSPS) is 23.7. The van der Waals surface area contributed by atoms with Gasteiger partial charge in [-0.2, -0.15) is 26.3 Å². The van der Waals surface area contributed by atoms with Gasteiger partial charge in [0.05, 0.1) is 22.3 Å². The minimum absolute atomic E-state index is 0. The number of hydrogen-bond acceptors (Lipinski definition) is 12. The van der Waals surface area contributed by atoms with E-state index in [1.165, 1.54) is 33.7 Å². The van der Waals surface area contributed by atoms with Crippen LogP contribution in [-0.4, -0.2) is 65.5 Å². The Morgan fingerprint density at radius 2 is 1.08 bits per heavy atom. The number of ether oxygens (including phenoxy) is 2. The molecule has 6 N–H and O–H groups in total. The average molecular weight is 1160 g/mol. The molecule has 6 aliphatic rings. The Hall–Kier alpha value is -6.72. The molecule has 6 atom stereocenters. The van der Waals surface area contributed by atoms with Gasteiger partial charge in [0, 0.05) is 43.2 Å². The van der Waals surface area contributed by atoms with Gasteiger partial charge < -0.3 is 31.0 Å². The smallest absolute Gasteiger partial charge is 0.488 e. The van der Waals surface area contributed by atoms with Gasteiger partial charge in [0.15, 0.2) is 0 Å². The van der Waals surface area contributed by atoms with E-state index in [4.69, 9.17) is 45.7 Å². The van der Waals surface area contributed by atoms with E-state index >= 15 is 0 Å². The molecule has 0 radical (unpaired) electrons. The van der Waals surface area contributed by atoms with Crippen molar-refractivity contribution in [3.8, 4) is 22.6 Å². The van der Waals surface area contributed by atoms with Crippen LogP contribution in [0.2, 0.25) is 0 Å². The highest BCUT2D eigenvalue weighted by Crippen LogP contribution is 2.53. The van der Waals surface area contributed by atoms with E-state index in [9.17, 15) is 35.1 Å². The summed E-state index contributed by atoms with van der Waals surface area (Å²) in [6.45, 7) is 0. The summed E-state index contributed by atoms with van der Waals surface area (Å²) in [6, 6.07) is 31.9. The lowest BCUT2D eigenvalue weighted by molar-refractivity contribution is -0.192. The maximum absolute atomic E-state index is 14.2. The molecule has 6 unspecified atom stereocenters. The number of hydrogen-bond donors (Lipinski definition) is 4.